The van der Waals surface area contributed by atoms with Crippen molar-refractivity contribution in [2.75, 3.05) is 0 Å². The molecule has 1 aliphatic rings. The average molecular weight is 315 g/mol. The third kappa shape index (κ3) is 2.30. The zero-order valence-electron chi connectivity index (χ0n) is 12.3. The van der Waals surface area contributed by atoms with E-state index in [9.17, 15) is 5.11 Å². The molecule has 0 atom stereocenters. The standard InChI is InChI=1S/C15H17N5OS/c1-10-12(19-7-3-2-4-13(19)16-10)9-22-15-18-17-14(8-21)20(15)11-5-6-11/h2-4,7,11,21H,5-6,8-9H2,1H3. The molecule has 22 heavy (non-hydrogen) atoms. The predicted octanol–water partition coefficient (Wildman–Crippen LogP) is 2.35. The quantitative estimate of drug-likeness (QED) is 0.732. The van der Waals surface area contributed by atoms with Gasteiger partial charge in [0.1, 0.15) is 12.3 Å². The van der Waals surface area contributed by atoms with E-state index >= 15 is 0 Å². The van der Waals surface area contributed by atoms with Crippen molar-refractivity contribution in [2.24, 2.45) is 0 Å². The van der Waals surface area contributed by atoms with E-state index in [4.69, 9.17) is 0 Å². The Hall–Kier alpha value is -1.86. The van der Waals surface area contributed by atoms with Crippen LogP contribution in [0.5, 0.6) is 0 Å². The first-order valence-corrected chi connectivity index (χ1v) is 8.36. The lowest BCUT2D eigenvalue weighted by molar-refractivity contribution is 0.263. The van der Waals surface area contributed by atoms with Gasteiger partial charge in [0.25, 0.3) is 0 Å². The second kappa shape index (κ2) is 5.40. The van der Waals surface area contributed by atoms with Gasteiger partial charge >= 0.3 is 0 Å². The summed E-state index contributed by atoms with van der Waals surface area (Å²) in [5, 5.41) is 18.6. The number of aliphatic hydroxyl groups excluding tert-OH is 1. The van der Waals surface area contributed by atoms with Gasteiger partial charge in [-0.2, -0.15) is 0 Å². The monoisotopic (exact) mass is 315 g/mol. The molecule has 0 saturated heterocycles. The fourth-order valence-electron chi connectivity index (χ4n) is 2.68. The largest absolute Gasteiger partial charge is 0.388 e. The van der Waals surface area contributed by atoms with Gasteiger partial charge in [-0.05, 0) is 31.9 Å². The molecule has 0 bridgehead atoms. The minimum atomic E-state index is -0.0568. The van der Waals surface area contributed by atoms with Gasteiger partial charge in [0.15, 0.2) is 11.0 Å². The van der Waals surface area contributed by atoms with Gasteiger partial charge in [-0.1, -0.05) is 17.8 Å². The molecule has 4 rings (SSSR count). The topological polar surface area (TPSA) is 68.2 Å². The number of aliphatic hydroxyl groups is 1. The Bertz CT molecular complexity index is 821. The van der Waals surface area contributed by atoms with E-state index in [1.807, 2.05) is 31.3 Å². The summed E-state index contributed by atoms with van der Waals surface area (Å²) < 4.78 is 4.20. The number of pyridine rings is 1. The molecule has 1 fully saturated rings. The van der Waals surface area contributed by atoms with E-state index in [0.29, 0.717) is 11.9 Å². The van der Waals surface area contributed by atoms with E-state index in [0.717, 1.165) is 35.1 Å². The number of aryl methyl sites for hydroxylation is 1. The number of rotatable bonds is 5. The first-order chi connectivity index (χ1) is 10.8. The Kier molecular flexibility index (Phi) is 3.38. The van der Waals surface area contributed by atoms with Crippen molar-refractivity contribution >= 4 is 17.4 Å². The van der Waals surface area contributed by atoms with Gasteiger partial charge in [0, 0.05) is 18.0 Å². The zero-order chi connectivity index (χ0) is 15.1. The van der Waals surface area contributed by atoms with E-state index in [-0.39, 0.29) is 6.61 Å². The Morgan fingerprint density at radius 2 is 2.18 bits per heavy atom. The van der Waals surface area contributed by atoms with E-state index in [1.165, 1.54) is 5.69 Å². The second-order valence-electron chi connectivity index (χ2n) is 5.52. The number of aromatic nitrogens is 5. The van der Waals surface area contributed by atoms with Crippen molar-refractivity contribution in [3.8, 4) is 0 Å². The number of nitrogens with zero attached hydrogens (tertiary/aromatic N) is 5. The summed E-state index contributed by atoms with van der Waals surface area (Å²) >= 11 is 1.66. The van der Waals surface area contributed by atoms with Crippen molar-refractivity contribution in [3.05, 3.63) is 41.6 Å². The number of hydrogen-bond acceptors (Lipinski definition) is 5. The number of fused-ring (bicyclic) bond motifs is 1. The maximum atomic E-state index is 9.40. The molecule has 3 aromatic rings. The highest BCUT2D eigenvalue weighted by Crippen LogP contribution is 2.39. The van der Waals surface area contributed by atoms with Crippen LogP contribution in [0.4, 0.5) is 0 Å². The lowest BCUT2D eigenvalue weighted by atomic mass is 10.4. The molecule has 3 aromatic heterocycles. The SMILES string of the molecule is Cc1nc2ccccn2c1CSc1nnc(CO)n1C1CC1. The number of imidazole rings is 1. The summed E-state index contributed by atoms with van der Waals surface area (Å²) in [6.07, 6.45) is 4.33. The van der Waals surface area contributed by atoms with Crippen LogP contribution in [0.15, 0.2) is 29.6 Å². The van der Waals surface area contributed by atoms with Crippen molar-refractivity contribution in [1.82, 2.24) is 24.1 Å². The van der Waals surface area contributed by atoms with Crippen molar-refractivity contribution < 1.29 is 5.11 Å². The Morgan fingerprint density at radius 1 is 1.32 bits per heavy atom. The Morgan fingerprint density at radius 3 is 2.95 bits per heavy atom. The molecule has 7 heteroatoms. The summed E-state index contributed by atoms with van der Waals surface area (Å²) in [5.74, 6) is 1.45. The van der Waals surface area contributed by atoms with Crippen LogP contribution < -0.4 is 0 Å². The van der Waals surface area contributed by atoms with Gasteiger partial charge in [-0.25, -0.2) is 4.98 Å². The molecule has 0 spiro atoms. The molecule has 0 unspecified atom stereocenters. The molecule has 1 saturated carbocycles. The Labute approximate surface area is 132 Å². The predicted molar refractivity (Wildman–Crippen MR) is 83.7 cm³/mol. The van der Waals surface area contributed by atoms with Crippen molar-refractivity contribution in [3.63, 3.8) is 0 Å². The molecule has 3 heterocycles. The van der Waals surface area contributed by atoms with Crippen LogP contribution in [0.2, 0.25) is 0 Å². The first kappa shape index (κ1) is 13.8. The smallest absolute Gasteiger partial charge is 0.191 e. The fraction of sp³-hybridized carbons (Fsp3) is 0.400. The van der Waals surface area contributed by atoms with Gasteiger partial charge in [-0.3, -0.25) is 0 Å². The average Bonchev–Trinajstić information content (AvgIpc) is 3.20. The van der Waals surface area contributed by atoms with Crippen molar-refractivity contribution in [2.45, 2.75) is 43.3 Å². The van der Waals surface area contributed by atoms with Crippen LogP contribution in [-0.4, -0.2) is 29.3 Å². The van der Waals surface area contributed by atoms with Crippen LogP contribution in [0.3, 0.4) is 0 Å². The molecular formula is C15H17N5OS. The first-order valence-electron chi connectivity index (χ1n) is 7.38. The molecule has 1 N–H and O–H groups in total. The van der Waals surface area contributed by atoms with Crippen LogP contribution in [0.1, 0.15) is 36.1 Å². The molecular weight excluding hydrogens is 298 g/mol. The molecule has 0 amide bonds. The van der Waals surface area contributed by atoms with Crippen molar-refractivity contribution in [1.29, 1.82) is 0 Å². The molecule has 1 aliphatic carbocycles. The van der Waals surface area contributed by atoms with Crippen LogP contribution in [-0.2, 0) is 12.4 Å². The third-order valence-electron chi connectivity index (χ3n) is 3.96. The number of thioether (sulfide) groups is 1. The fourth-order valence-corrected chi connectivity index (χ4v) is 3.79. The molecule has 0 aliphatic heterocycles. The van der Waals surface area contributed by atoms with Gasteiger partial charge in [-0.15, -0.1) is 10.2 Å². The summed E-state index contributed by atoms with van der Waals surface area (Å²) in [7, 11) is 0. The highest BCUT2D eigenvalue weighted by molar-refractivity contribution is 7.98. The second-order valence-corrected chi connectivity index (χ2v) is 6.46. The summed E-state index contributed by atoms with van der Waals surface area (Å²) in [4.78, 5) is 4.58. The lowest BCUT2D eigenvalue weighted by Crippen LogP contribution is -2.03. The molecule has 0 aromatic carbocycles. The van der Waals surface area contributed by atoms with Crippen LogP contribution >= 0.6 is 11.8 Å². The summed E-state index contributed by atoms with van der Waals surface area (Å²) in [5.41, 5.74) is 3.19. The van der Waals surface area contributed by atoms with Gasteiger partial charge in [0.05, 0.1) is 11.4 Å². The molecule has 0 radical (unpaired) electrons. The van der Waals surface area contributed by atoms with E-state index < -0.39 is 0 Å². The highest BCUT2D eigenvalue weighted by atomic mass is 32.2. The minimum Gasteiger partial charge on any atom is -0.388 e. The molecule has 6 nitrogen and oxygen atoms in total. The summed E-state index contributed by atoms with van der Waals surface area (Å²) in [6, 6.07) is 6.48. The maximum absolute atomic E-state index is 9.40. The maximum Gasteiger partial charge on any atom is 0.191 e. The van der Waals surface area contributed by atoms with E-state index in [2.05, 4.69) is 24.1 Å². The highest BCUT2D eigenvalue weighted by Gasteiger charge is 2.29. The third-order valence-corrected chi connectivity index (χ3v) is 4.91. The normalized spacial score (nSPS) is 14.8. The van der Waals surface area contributed by atoms with Gasteiger partial charge in [0.2, 0.25) is 0 Å². The molecule has 114 valence electrons. The van der Waals surface area contributed by atoms with Gasteiger partial charge < -0.3 is 14.1 Å². The Balaban J connectivity index is 1.62. The zero-order valence-corrected chi connectivity index (χ0v) is 13.1. The summed E-state index contributed by atoms with van der Waals surface area (Å²) in [6.45, 7) is 1.98. The minimum absolute atomic E-state index is 0.0568. The lowest BCUT2D eigenvalue weighted by Gasteiger charge is -2.07. The number of hydrogen-bond donors (Lipinski definition) is 1. The van der Waals surface area contributed by atoms with E-state index in [1.54, 1.807) is 11.8 Å². The van der Waals surface area contributed by atoms with Crippen LogP contribution in [0, 0.1) is 6.92 Å². The van der Waals surface area contributed by atoms with Crippen LogP contribution in [0.25, 0.3) is 5.65 Å².